The Morgan fingerprint density at radius 1 is 1.52 bits per heavy atom. The average Bonchev–Trinajstić information content (AvgIpc) is 3.19. The zero-order valence-electron chi connectivity index (χ0n) is 14.5. The van der Waals surface area contributed by atoms with Crippen molar-refractivity contribution in [3.05, 3.63) is 33.0 Å². The number of nitrogens with one attached hydrogen (secondary N) is 2. The van der Waals surface area contributed by atoms with Gasteiger partial charge in [0.25, 0.3) is 0 Å². The zero-order chi connectivity index (χ0) is 17.6. The largest absolute Gasteiger partial charge is 0.377 e. The number of fused-ring (bicyclic) bond motifs is 1. The van der Waals surface area contributed by atoms with Crippen LogP contribution in [0.3, 0.4) is 0 Å². The van der Waals surface area contributed by atoms with Crippen LogP contribution in [0, 0.1) is 0 Å². The van der Waals surface area contributed by atoms with Crippen LogP contribution in [0.15, 0.2) is 17.1 Å². The van der Waals surface area contributed by atoms with Gasteiger partial charge in [-0.2, -0.15) is 5.10 Å². The Morgan fingerprint density at radius 3 is 3.12 bits per heavy atom. The van der Waals surface area contributed by atoms with Crippen molar-refractivity contribution in [1.29, 1.82) is 0 Å². The van der Waals surface area contributed by atoms with E-state index in [9.17, 15) is 0 Å². The number of guanidine groups is 1. The molecule has 136 valence electrons. The fourth-order valence-corrected chi connectivity index (χ4v) is 3.93. The third-order valence-corrected chi connectivity index (χ3v) is 5.32. The summed E-state index contributed by atoms with van der Waals surface area (Å²) in [5.41, 5.74) is 0. The first-order chi connectivity index (χ1) is 12.2. The number of rotatable bonds is 6. The van der Waals surface area contributed by atoms with Crippen molar-refractivity contribution < 1.29 is 4.74 Å². The van der Waals surface area contributed by atoms with Gasteiger partial charge in [0.05, 0.1) is 10.9 Å². The Morgan fingerprint density at radius 2 is 2.40 bits per heavy atom. The zero-order valence-corrected chi connectivity index (χ0v) is 16.0. The van der Waals surface area contributed by atoms with E-state index >= 15 is 0 Å². The monoisotopic (exact) mass is 382 g/mol. The van der Waals surface area contributed by atoms with Gasteiger partial charge in [0.15, 0.2) is 11.8 Å². The highest BCUT2D eigenvalue weighted by molar-refractivity contribution is 7.16. The number of hydrogen-bond donors (Lipinski definition) is 2. The molecular formula is C16H23ClN6OS. The lowest BCUT2D eigenvalue weighted by atomic mass is 10.1. The van der Waals surface area contributed by atoms with Crippen molar-refractivity contribution in [3.8, 4) is 0 Å². The highest BCUT2D eigenvalue weighted by Crippen LogP contribution is 2.21. The summed E-state index contributed by atoms with van der Waals surface area (Å²) < 4.78 is 7.90. The minimum atomic E-state index is 0.284. The van der Waals surface area contributed by atoms with E-state index in [0.717, 1.165) is 54.3 Å². The van der Waals surface area contributed by atoms with Gasteiger partial charge in [0.1, 0.15) is 12.4 Å². The number of aliphatic imine (C=N–C) groups is 1. The summed E-state index contributed by atoms with van der Waals surface area (Å²) in [6.45, 7) is 2.05. The molecule has 0 saturated carbocycles. The molecule has 0 aliphatic carbocycles. The molecule has 0 spiro atoms. The summed E-state index contributed by atoms with van der Waals surface area (Å²) in [6.07, 6.45) is 2.84. The molecule has 1 aliphatic heterocycles. The van der Waals surface area contributed by atoms with Gasteiger partial charge in [0, 0.05) is 38.0 Å². The molecule has 3 heterocycles. The van der Waals surface area contributed by atoms with E-state index < -0.39 is 0 Å². The van der Waals surface area contributed by atoms with Crippen LogP contribution in [0.1, 0.15) is 22.9 Å². The third-order valence-electron chi connectivity index (χ3n) is 4.03. The second kappa shape index (κ2) is 8.64. The molecule has 0 saturated heterocycles. The Hall–Kier alpha value is -1.64. The maximum atomic E-state index is 5.96. The standard InChI is InChI=1S/C16H23ClN6OS/c1-18-16(19-8-7-12-4-5-13(17)25-12)20-11-3-6-15-21-14(10-24-2)22-23(15)9-11/h4-5,11H,3,6-10H2,1-2H3,(H2,18,19,20). The van der Waals surface area contributed by atoms with Gasteiger partial charge >= 0.3 is 0 Å². The van der Waals surface area contributed by atoms with Gasteiger partial charge in [-0.3, -0.25) is 4.99 Å². The van der Waals surface area contributed by atoms with E-state index in [2.05, 4.69) is 31.8 Å². The Kier molecular flexibility index (Phi) is 6.28. The van der Waals surface area contributed by atoms with Crippen molar-refractivity contribution in [2.45, 2.75) is 38.5 Å². The van der Waals surface area contributed by atoms with Crippen LogP contribution in [0.4, 0.5) is 0 Å². The number of hydrogen-bond acceptors (Lipinski definition) is 5. The second-order valence-corrected chi connectivity index (χ2v) is 7.69. The van der Waals surface area contributed by atoms with E-state index in [1.807, 2.05) is 10.7 Å². The summed E-state index contributed by atoms with van der Waals surface area (Å²) in [5, 5.41) is 11.3. The highest BCUT2D eigenvalue weighted by atomic mass is 35.5. The fraction of sp³-hybridized carbons (Fsp3) is 0.562. The maximum absolute atomic E-state index is 5.96. The Balaban J connectivity index is 1.48. The number of aryl methyl sites for hydroxylation is 1. The van der Waals surface area contributed by atoms with Crippen LogP contribution in [0.25, 0.3) is 0 Å². The quantitative estimate of drug-likeness (QED) is 0.589. The molecule has 0 bridgehead atoms. The highest BCUT2D eigenvalue weighted by Gasteiger charge is 2.22. The molecule has 2 N–H and O–H groups in total. The second-order valence-electron chi connectivity index (χ2n) is 5.89. The SMILES string of the molecule is CN=C(NCCc1ccc(Cl)s1)NC1CCc2nc(COC)nn2C1. The smallest absolute Gasteiger partial charge is 0.191 e. The number of nitrogens with zero attached hydrogens (tertiary/aromatic N) is 4. The van der Waals surface area contributed by atoms with Crippen molar-refractivity contribution in [1.82, 2.24) is 25.4 Å². The molecule has 0 radical (unpaired) electrons. The van der Waals surface area contributed by atoms with Crippen molar-refractivity contribution in [2.75, 3.05) is 20.7 Å². The van der Waals surface area contributed by atoms with Crippen molar-refractivity contribution in [2.24, 2.45) is 4.99 Å². The summed E-state index contributed by atoms with van der Waals surface area (Å²) >= 11 is 7.58. The molecule has 1 unspecified atom stereocenters. The van der Waals surface area contributed by atoms with E-state index in [1.54, 1.807) is 25.5 Å². The minimum Gasteiger partial charge on any atom is -0.377 e. The first kappa shape index (κ1) is 18.2. The van der Waals surface area contributed by atoms with Crippen LogP contribution < -0.4 is 10.6 Å². The first-order valence-corrected chi connectivity index (χ1v) is 9.50. The number of halogens is 1. The lowest BCUT2D eigenvalue weighted by molar-refractivity contribution is 0.177. The molecule has 0 amide bonds. The first-order valence-electron chi connectivity index (χ1n) is 8.31. The molecular weight excluding hydrogens is 360 g/mol. The van der Waals surface area contributed by atoms with Gasteiger partial charge in [-0.25, -0.2) is 9.67 Å². The summed E-state index contributed by atoms with van der Waals surface area (Å²) in [4.78, 5) is 10.1. The van der Waals surface area contributed by atoms with Gasteiger partial charge < -0.3 is 15.4 Å². The molecule has 3 rings (SSSR count). The Bertz CT molecular complexity index is 728. The number of thiophene rings is 1. The number of aromatic nitrogens is 3. The van der Waals surface area contributed by atoms with Gasteiger partial charge in [-0.1, -0.05) is 11.6 Å². The lowest BCUT2D eigenvalue weighted by Crippen LogP contribution is -2.47. The van der Waals surface area contributed by atoms with Crippen molar-refractivity contribution >= 4 is 28.9 Å². The van der Waals surface area contributed by atoms with Crippen LogP contribution in [-0.4, -0.2) is 47.5 Å². The van der Waals surface area contributed by atoms with Gasteiger partial charge in [0.2, 0.25) is 0 Å². The van der Waals surface area contributed by atoms with Crippen LogP contribution >= 0.6 is 22.9 Å². The van der Waals surface area contributed by atoms with E-state index in [1.165, 1.54) is 4.88 Å². The minimum absolute atomic E-state index is 0.284. The predicted molar refractivity (Wildman–Crippen MR) is 100 cm³/mol. The third kappa shape index (κ3) is 4.93. The summed E-state index contributed by atoms with van der Waals surface area (Å²) in [6, 6.07) is 4.28. The van der Waals surface area contributed by atoms with Crippen molar-refractivity contribution in [3.63, 3.8) is 0 Å². The van der Waals surface area contributed by atoms with Crippen LogP contribution in [-0.2, 0) is 30.7 Å². The molecule has 9 heteroatoms. The van der Waals surface area contributed by atoms with E-state index in [0.29, 0.717) is 6.61 Å². The number of methoxy groups -OCH3 is 1. The normalized spacial score (nSPS) is 17.4. The molecule has 7 nitrogen and oxygen atoms in total. The molecule has 2 aromatic heterocycles. The molecule has 0 aromatic carbocycles. The lowest BCUT2D eigenvalue weighted by Gasteiger charge is -2.25. The van der Waals surface area contributed by atoms with Gasteiger partial charge in [-0.05, 0) is 25.0 Å². The Labute approximate surface area is 156 Å². The van der Waals surface area contributed by atoms with Gasteiger partial charge in [-0.15, -0.1) is 11.3 Å². The molecule has 0 fully saturated rings. The predicted octanol–water partition coefficient (Wildman–Crippen LogP) is 1.86. The topological polar surface area (TPSA) is 76.4 Å². The molecule has 1 atom stereocenters. The molecule has 25 heavy (non-hydrogen) atoms. The number of ether oxygens (including phenoxy) is 1. The van der Waals surface area contributed by atoms with Crippen LogP contribution in [0.5, 0.6) is 0 Å². The average molecular weight is 383 g/mol. The molecule has 1 aliphatic rings. The summed E-state index contributed by atoms with van der Waals surface area (Å²) in [5.74, 6) is 2.59. The maximum Gasteiger partial charge on any atom is 0.191 e. The van der Waals surface area contributed by atoms with E-state index in [4.69, 9.17) is 16.3 Å². The van der Waals surface area contributed by atoms with Crippen LogP contribution in [0.2, 0.25) is 4.34 Å². The van der Waals surface area contributed by atoms with E-state index in [-0.39, 0.29) is 6.04 Å². The fourth-order valence-electron chi connectivity index (χ4n) is 2.85. The summed E-state index contributed by atoms with van der Waals surface area (Å²) in [7, 11) is 3.45. The molecule has 2 aromatic rings.